The zero-order chi connectivity index (χ0) is 24.6. The van der Waals surface area contributed by atoms with Gasteiger partial charge in [0.25, 0.3) is 0 Å². The Balaban J connectivity index is 1.91. The van der Waals surface area contributed by atoms with Crippen LogP contribution in [0.4, 0.5) is 32.0 Å². The van der Waals surface area contributed by atoms with Crippen LogP contribution in [0.5, 0.6) is 0 Å². The molecule has 0 spiro atoms. The number of carbonyl (C=O) groups excluding carboxylic acids is 1. The van der Waals surface area contributed by atoms with Gasteiger partial charge in [0.2, 0.25) is 5.91 Å². The largest absolute Gasteiger partial charge is 0.417 e. The monoisotopic (exact) mass is 486 g/mol. The summed E-state index contributed by atoms with van der Waals surface area (Å²) < 4.78 is 80.9. The Kier molecular flexibility index (Phi) is 6.59. The van der Waals surface area contributed by atoms with Crippen LogP contribution in [-0.4, -0.2) is 24.2 Å². The molecule has 0 bridgehead atoms. The first-order valence-corrected chi connectivity index (χ1v) is 9.67. The molecule has 2 N–H and O–H groups in total. The molecule has 0 saturated carbocycles. The number of amides is 1. The van der Waals surface area contributed by atoms with E-state index in [0.717, 1.165) is 12.1 Å². The topological polar surface area (TPSA) is 88.7 Å². The summed E-state index contributed by atoms with van der Waals surface area (Å²) in [5.41, 5.74) is -2.10. The van der Waals surface area contributed by atoms with Gasteiger partial charge in [-0.05, 0) is 42.3 Å². The molecule has 1 saturated heterocycles. The summed E-state index contributed by atoms with van der Waals surface area (Å²) in [6, 6.07) is 5.80. The van der Waals surface area contributed by atoms with E-state index in [0.29, 0.717) is 6.07 Å². The summed E-state index contributed by atoms with van der Waals surface area (Å²) in [5, 5.41) is 22.3. The number of benzene rings is 2. The number of hydrogen-bond acceptors (Lipinski definition) is 4. The summed E-state index contributed by atoms with van der Waals surface area (Å²) in [6.45, 7) is 0. The van der Waals surface area contributed by atoms with Crippen LogP contribution >= 0.6 is 11.6 Å². The molecule has 3 rings (SSSR count). The molecular weight excluding hydrogens is 474 g/mol. The lowest BCUT2D eigenvalue weighted by Crippen LogP contribution is -2.46. The smallest absolute Gasteiger partial charge is 0.323 e. The van der Waals surface area contributed by atoms with Crippen LogP contribution in [0.3, 0.4) is 0 Å². The van der Waals surface area contributed by atoms with Crippen molar-refractivity contribution in [3.63, 3.8) is 0 Å². The average molecular weight is 487 g/mol. The molecule has 1 heterocycles. The molecule has 1 amide bonds. The molecule has 12 heteroatoms. The number of anilines is 1. The molecule has 172 valence electrons. The number of rotatable bonds is 3. The van der Waals surface area contributed by atoms with E-state index in [1.54, 1.807) is 0 Å². The fourth-order valence-corrected chi connectivity index (χ4v) is 3.88. The van der Waals surface area contributed by atoms with Crippen molar-refractivity contribution in [3.05, 3.63) is 63.7 Å². The van der Waals surface area contributed by atoms with E-state index in [1.165, 1.54) is 24.3 Å². The third-order valence-corrected chi connectivity index (χ3v) is 5.51. The van der Waals surface area contributed by atoms with Gasteiger partial charge >= 0.3 is 12.4 Å². The van der Waals surface area contributed by atoms with Crippen molar-refractivity contribution in [1.29, 1.82) is 10.5 Å². The van der Waals surface area contributed by atoms with Gasteiger partial charge in [-0.1, -0.05) is 17.7 Å². The van der Waals surface area contributed by atoms with Crippen LogP contribution < -0.4 is 10.6 Å². The lowest BCUT2D eigenvalue weighted by molar-refractivity contribution is -0.156. The Labute approximate surface area is 188 Å². The molecule has 0 aliphatic carbocycles. The highest BCUT2D eigenvalue weighted by Crippen LogP contribution is 2.42. The van der Waals surface area contributed by atoms with Crippen molar-refractivity contribution >= 4 is 23.2 Å². The lowest BCUT2D eigenvalue weighted by atomic mass is 9.88. The van der Waals surface area contributed by atoms with E-state index in [2.05, 4.69) is 10.6 Å². The number of halogens is 7. The molecule has 5 nitrogen and oxygen atoms in total. The minimum Gasteiger partial charge on any atom is -0.323 e. The van der Waals surface area contributed by atoms with Gasteiger partial charge in [0, 0.05) is 5.92 Å². The second-order valence-electron chi connectivity index (χ2n) is 7.29. The predicted octanol–water partition coefficient (Wildman–Crippen LogP) is 5.12. The summed E-state index contributed by atoms with van der Waals surface area (Å²) in [4.78, 5) is 12.6. The molecule has 33 heavy (non-hydrogen) atoms. The summed E-state index contributed by atoms with van der Waals surface area (Å²) in [7, 11) is 0. The maximum atomic E-state index is 13.7. The van der Waals surface area contributed by atoms with E-state index in [1.807, 2.05) is 6.07 Å². The standard InChI is InChI=1S/C21H13ClF6N4O/c22-15-5-10(8-29)1-4-16(15)32-19(33)17-7-13(18(31-17)21(26,27)28)11-2-3-12(9-30)14(6-11)20(23,24)25/h1-6,13,17-18,31H,7H2,(H,32,33)/t13?,17-,18+/m0/s1. The molecule has 2 aromatic carbocycles. The van der Waals surface area contributed by atoms with Gasteiger partial charge in [0.05, 0.1) is 45.6 Å². The number of hydrogen-bond donors (Lipinski definition) is 2. The zero-order valence-corrected chi connectivity index (χ0v) is 17.1. The Bertz CT molecular complexity index is 1170. The molecule has 0 radical (unpaired) electrons. The van der Waals surface area contributed by atoms with Crippen LogP contribution in [-0.2, 0) is 11.0 Å². The number of carbonyl (C=O) groups is 1. The molecule has 1 fully saturated rings. The van der Waals surface area contributed by atoms with Crippen molar-refractivity contribution in [2.75, 3.05) is 5.32 Å². The van der Waals surface area contributed by atoms with Crippen LogP contribution in [0.25, 0.3) is 0 Å². The van der Waals surface area contributed by atoms with Gasteiger partial charge in [-0.3, -0.25) is 10.1 Å². The first-order valence-electron chi connectivity index (χ1n) is 9.29. The van der Waals surface area contributed by atoms with Crippen LogP contribution in [0, 0.1) is 22.7 Å². The fraction of sp³-hybridized carbons (Fsp3) is 0.286. The average Bonchev–Trinajstić information content (AvgIpc) is 3.20. The van der Waals surface area contributed by atoms with Crippen molar-refractivity contribution in [2.24, 2.45) is 0 Å². The minimum atomic E-state index is -4.94. The van der Waals surface area contributed by atoms with Crippen LogP contribution in [0.2, 0.25) is 5.02 Å². The van der Waals surface area contributed by atoms with Crippen molar-refractivity contribution < 1.29 is 31.1 Å². The summed E-state index contributed by atoms with van der Waals surface area (Å²) >= 11 is 5.97. The molecule has 1 aliphatic rings. The van der Waals surface area contributed by atoms with Crippen molar-refractivity contribution in [3.8, 4) is 12.1 Å². The van der Waals surface area contributed by atoms with Gasteiger partial charge in [0.15, 0.2) is 0 Å². The fourth-order valence-electron chi connectivity index (χ4n) is 3.66. The predicted molar refractivity (Wildman–Crippen MR) is 105 cm³/mol. The van der Waals surface area contributed by atoms with E-state index in [9.17, 15) is 31.1 Å². The highest BCUT2D eigenvalue weighted by atomic mass is 35.5. The first kappa shape index (κ1) is 24.4. The van der Waals surface area contributed by atoms with Crippen LogP contribution in [0.15, 0.2) is 36.4 Å². The third-order valence-electron chi connectivity index (χ3n) is 5.20. The first-order chi connectivity index (χ1) is 15.3. The minimum absolute atomic E-state index is 0.00812. The maximum Gasteiger partial charge on any atom is 0.417 e. The molecule has 3 atom stereocenters. The Hall–Kier alpha value is -3.28. The highest BCUT2D eigenvalue weighted by Gasteiger charge is 2.52. The van der Waals surface area contributed by atoms with Gasteiger partial charge in [-0.25, -0.2) is 0 Å². The summed E-state index contributed by atoms with van der Waals surface area (Å²) in [6.07, 6.45) is -10.3. The van der Waals surface area contributed by atoms with Crippen molar-refractivity contribution in [1.82, 2.24) is 5.32 Å². The normalized spacial score (nSPS) is 20.7. The SMILES string of the molecule is N#Cc1ccc(NC(=O)[C@@H]2CC(c3ccc(C#N)c(C(F)(F)F)c3)[C@H](C(F)(F)F)N2)c(Cl)c1. The number of alkyl halides is 6. The highest BCUT2D eigenvalue weighted by molar-refractivity contribution is 6.33. The number of nitrogens with zero attached hydrogens (tertiary/aromatic N) is 2. The van der Waals surface area contributed by atoms with E-state index < -0.39 is 53.8 Å². The molecular formula is C21H13ClF6N4O. The lowest BCUT2D eigenvalue weighted by Gasteiger charge is -2.23. The molecule has 2 aromatic rings. The summed E-state index contributed by atoms with van der Waals surface area (Å²) in [5.74, 6) is -2.38. The Morgan fingerprint density at radius 2 is 1.76 bits per heavy atom. The van der Waals surface area contributed by atoms with Gasteiger partial charge in [-0.2, -0.15) is 36.9 Å². The quantitative estimate of drug-likeness (QED) is 0.590. The van der Waals surface area contributed by atoms with E-state index in [4.69, 9.17) is 22.1 Å². The second kappa shape index (κ2) is 8.93. The van der Waals surface area contributed by atoms with Gasteiger partial charge in [-0.15, -0.1) is 0 Å². The molecule has 0 aromatic heterocycles. The molecule has 1 unspecified atom stereocenters. The number of nitriles is 2. The number of nitrogens with one attached hydrogen (secondary N) is 2. The van der Waals surface area contributed by atoms with E-state index in [-0.39, 0.29) is 21.8 Å². The maximum absolute atomic E-state index is 13.7. The van der Waals surface area contributed by atoms with Crippen molar-refractivity contribution in [2.45, 2.75) is 36.8 Å². The Morgan fingerprint density at radius 1 is 1.06 bits per heavy atom. The second-order valence-corrected chi connectivity index (χ2v) is 7.70. The van der Waals surface area contributed by atoms with Crippen LogP contribution in [0.1, 0.15) is 34.6 Å². The third kappa shape index (κ3) is 5.21. The Morgan fingerprint density at radius 3 is 2.30 bits per heavy atom. The zero-order valence-electron chi connectivity index (χ0n) is 16.4. The molecule has 1 aliphatic heterocycles. The van der Waals surface area contributed by atoms with E-state index >= 15 is 0 Å². The van der Waals surface area contributed by atoms with Gasteiger partial charge < -0.3 is 5.32 Å². The van der Waals surface area contributed by atoms with Gasteiger partial charge in [0.1, 0.15) is 6.04 Å².